The molecule has 1 heterocycles. The molecule has 2 rings (SSSR count). The largest absolute Gasteiger partial charge is 0.313 e. The Kier molecular flexibility index (Phi) is 5.21. The molecule has 1 saturated heterocycles. The molecule has 1 aliphatic heterocycles. The Labute approximate surface area is 120 Å². The van der Waals surface area contributed by atoms with Crippen LogP contribution in [-0.4, -0.2) is 31.1 Å². The lowest BCUT2D eigenvalue weighted by Gasteiger charge is -2.28. The van der Waals surface area contributed by atoms with E-state index in [-0.39, 0.29) is 0 Å². The quantitative estimate of drug-likeness (QED) is 0.920. The van der Waals surface area contributed by atoms with Gasteiger partial charge < -0.3 is 10.2 Å². The van der Waals surface area contributed by atoms with Gasteiger partial charge >= 0.3 is 0 Å². The van der Waals surface area contributed by atoms with Gasteiger partial charge in [0.05, 0.1) is 11.6 Å². The van der Waals surface area contributed by atoms with Crippen LogP contribution < -0.4 is 5.32 Å². The van der Waals surface area contributed by atoms with Gasteiger partial charge in [-0.05, 0) is 44.1 Å². The molecule has 1 unspecified atom stereocenters. The van der Waals surface area contributed by atoms with Gasteiger partial charge in [0.15, 0.2) is 0 Å². The van der Waals surface area contributed by atoms with E-state index in [9.17, 15) is 0 Å². The second-order valence-electron chi connectivity index (χ2n) is 5.26. The summed E-state index contributed by atoms with van der Waals surface area (Å²) >= 11 is 6.20. The van der Waals surface area contributed by atoms with Crippen LogP contribution in [0.2, 0.25) is 5.02 Å². The van der Waals surface area contributed by atoms with E-state index in [2.05, 4.69) is 23.3 Å². The molecule has 1 atom stereocenters. The number of halogens is 1. The van der Waals surface area contributed by atoms with Crippen LogP contribution in [0.5, 0.6) is 0 Å². The van der Waals surface area contributed by atoms with Crippen LogP contribution in [0.3, 0.4) is 0 Å². The van der Waals surface area contributed by atoms with Gasteiger partial charge in [0.25, 0.3) is 0 Å². The van der Waals surface area contributed by atoms with Gasteiger partial charge in [-0.3, -0.25) is 0 Å². The molecule has 102 valence electrons. The Morgan fingerprint density at radius 2 is 2.32 bits per heavy atom. The van der Waals surface area contributed by atoms with Crippen LogP contribution in [-0.2, 0) is 6.54 Å². The average molecular weight is 278 g/mol. The lowest BCUT2D eigenvalue weighted by Crippen LogP contribution is -2.42. The molecule has 1 N–H and O–H groups in total. The number of nitrogens with one attached hydrogen (secondary N) is 1. The van der Waals surface area contributed by atoms with Gasteiger partial charge in [0.2, 0.25) is 0 Å². The zero-order valence-corrected chi connectivity index (χ0v) is 12.1. The van der Waals surface area contributed by atoms with E-state index in [4.69, 9.17) is 16.9 Å². The average Bonchev–Trinajstić information content (AvgIpc) is 2.42. The van der Waals surface area contributed by atoms with Gasteiger partial charge in [-0.15, -0.1) is 0 Å². The van der Waals surface area contributed by atoms with E-state index in [1.54, 1.807) is 6.07 Å². The van der Waals surface area contributed by atoms with Crippen molar-refractivity contribution in [3.63, 3.8) is 0 Å². The number of likely N-dealkylation sites (N-methyl/N-ethyl adjacent to an activating group) is 1. The van der Waals surface area contributed by atoms with Crippen molar-refractivity contribution in [1.29, 1.82) is 5.26 Å². The first kappa shape index (κ1) is 14.3. The van der Waals surface area contributed by atoms with Crippen molar-refractivity contribution < 1.29 is 0 Å². The Hall–Kier alpha value is -1.08. The summed E-state index contributed by atoms with van der Waals surface area (Å²) in [6.45, 7) is 3.00. The Bertz CT molecular complexity index is 461. The highest BCUT2D eigenvalue weighted by atomic mass is 35.5. The monoisotopic (exact) mass is 277 g/mol. The van der Waals surface area contributed by atoms with Crippen LogP contribution >= 0.6 is 11.6 Å². The van der Waals surface area contributed by atoms with Crippen molar-refractivity contribution in [3.05, 3.63) is 34.3 Å². The van der Waals surface area contributed by atoms with E-state index < -0.39 is 0 Å². The van der Waals surface area contributed by atoms with Crippen LogP contribution in [0.1, 0.15) is 30.4 Å². The second-order valence-corrected chi connectivity index (χ2v) is 5.67. The molecule has 4 heteroatoms. The maximum Gasteiger partial charge on any atom is 0.0992 e. The standard InChI is InChI=1S/C15H20ClN3/c1-19(11-14-4-2-3-7-18-14)10-13-6-5-12(9-17)8-15(13)16/h5-6,8,14,18H,2-4,7,10-11H2,1H3. The van der Waals surface area contributed by atoms with E-state index in [1.807, 2.05) is 12.1 Å². The minimum atomic E-state index is 0.593. The molecule has 0 radical (unpaired) electrons. The number of nitriles is 1. The lowest BCUT2D eigenvalue weighted by molar-refractivity contribution is 0.256. The van der Waals surface area contributed by atoms with Gasteiger partial charge in [0, 0.05) is 24.2 Å². The first-order valence-electron chi connectivity index (χ1n) is 6.79. The van der Waals surface area contributed by atoms with Gasteiger partial charge in [-0.25, -0.2) is 0 Å². The van der Waals surface area contributed by atoms with Crippen molar-refractivity contribution in [1.82, 2.24) is 10.2 Å². The van der Waals surface area contributed by atoms with Crippen LogP contribution in [0, 0.1) is 11.3 Å². The molecule has 1 aromatic carbocycles. The molecule has 0 spiro atoms. The topological polar surface area (TPSA) is 39.1 Å². The highest BCUT2D eigenvalue weighted by Crippen LogP contribution is 2.19. The molecule has 19 heavy (non-hydrogen) atoms. The molecule has 0 amide bonds. The molecule has 0 bridgehead atoms. The van der Waals surface area contributed by atoms with E-state index in [0.29, 0.717) is 16.6 Å². The summed E-state index contributed by atoms with van der Waals surface area (Å²) < 4.78 is 0. The fourth-order valence-electron chi connectivity index (χ4n) is 2.56. The predicted molar refractivity (Wildman–Crippen MR) is 78.1 cm³/mol. The Morgan fingerprint density at radius 1 is 1.47 bits per heavy atom. The highest BCUT2D eigenvalue weighted by molar-refractivity contribution is 6.31. The van der Waals surface area contributed by atoms with E-state index >= 15 is 0 Å². The molecule has 0 saturated carbocycles. The minimum absolute atomic E-state index is 0.593. The number of nitrogens with zero attached hydrogens (tertiary/aromatic N) is 2. The van der Waals surface area contributed by atoms with Gasteiger partial charge in [-0.2, -0.15) is 5.26 Å². The Morgan fingerprint density at radius 3 is 2.95 bits per heavy atom. The summed E-state index contributed by atoms with van der Waals surface area (Å²) in [6.07, 6.45) is 3.87. The summed E-state index contributed by atoms with van der Waals surface area (Å²) in [6, 6.07) is 8.22. The maximum absolute atomic E-state index is 8.82. The van der Waals surface area contributed by atoms with Crippen molar-refractivity contribution in [3.8, 4) is 6.07 Å². The fourth-order valence-corrected chi connectivity index (χ4v) is 2.80. The molecule has 0 aromatic heterocycles. The van der Waals surface area contributed by atoms with Crippen molar-refractivity contribution >= 4 is 11.6 Å². The van der Waals surface area contributed by atoms with Crippen LogP contribution in [0.25, 0.3) is 0 Å². The smallest absolute Gasteiger partial charge is 0.0992 e. The molecular weight excluding hydrogens is 258 g/mol. The number of rotatable bonds is 4. The number of piperidine rings is 1. The van der Waals surface area contributed by atoms with Gasteiger partial charge in [-0.1, -0.05) is 24.1 Å². The first-order chi connectivity index (χ1) is 9.19. The summed E-state index contributed by atoms with van der Waals surface area (Å²) in [5.41, 5.74) is 1.70. The molecule has 3 nitrogen and oxygen atoms in total. The number of hydrogen-bond donors (Lipinski definition) is 1. The summed E-state index contributed by atoms with van der Waals surface area (Å²) in [7, 11) is 2.12. The third-order valence-electron chi connectivity index (χ3n) is 3.57. The molecule has 1 aliphatic rings. The van der Waals surface area contributed by atoms with Crippen molar-refractivity contribution in [2.24, 2.45) is 0 Å². The Balaban J connectivity index is 1.91. The molecule has 1 aromatic rings. The zero-order chi connectivity index (χ0) is 13.7. The third kappa shape index (κ3) is 4.21. The number of hydrogen-bond acceptors (Lipinski definition) is 3. The third-order valence-corrected chi connectivity index (χ3v) is 3.92. The van der Waals surface area contributed by atoms with Crippen molar-refractivity contribution in [2.75, 3.05) is 20.1 Å². The second kappa shape index (κ2) is 6.91. The van der Waals surface area contributed by atoms with Crippen LogP contribution in [0.15, 0.2) is 18.2 Å². The van der Waals surface area contributed by atoms with Crippen LogP contribution in [0.4, 0.5) is 0 Å². The molecular formula is C15H20ClN3. The van der Waals surface area contributed by atoms with Gasteiger partial charge in [0.1, 0.15) is 0 Å². The zero-order valence-electron chi connectivity index (χ0n) is 11.3. The molecule has 0 aliphatic carbocycles. The predicted octanol–water partition coefficient (Wildman–Crippen LogP) is 2.79. The van der Waals surface area contributed by atoms with E-state index in [1.165, 1.54) is 19.3 Å². The number of benzene rings is 1. The fraction of sp³-hybridized carbons (Fsp3) is 0.533. The molecule has 1 fully saturated rings. The van der Waals surface area contributed by atoms with Crippen molar-refractivity contribution in [2.45, 2.75) is 31.8 Å². The summed E-state index contributed by atoms with van der Waals surface area (Å²) in [4.78, 5) is 2.29. The SMILES string of the molecule is CN(Cc1ccc(C#N)cc1Cl)CC1CCCCN1. The normalized spacial score (nSPS) is 19.4. The lowest BCUT2D eigenvalue weighted by atomic mass is 10.0. The highest BCUT2D eigenvalue weighted by Gasteiger charge is 2.15. The maximum atomic E-state index is 8.82. The summed E-state index contributed by atoms with van der Waals surface area (Å²) in [5.74, 6) is 0. The summed E-state index contributed by atoms with van der Waals surface area (Å²) in [5, 5.41) is 13.1. The van der Waals surface area contributed by atoms with E-state index in [0.717, 1.165) is 25.2 Å². The first-order valence-corrected chi connectivity index (χ1v) is 7.17. The minimum Gasteiger partial charge on any atom is -0.313 e.